The van der Waals surface area contributed by atoms with Gasteiger partial charge in [0.1, 0.15) is 12.2 Å². The van der Waals surface area contributed by atoms with Gasteiger partial charge in [0.25, 0.3) is 0 Å². The van der Waals surface area contributed by atoms with Crippen molar-refractivity contribution in [3.63, 3.8) is 0 Å². The molecular weight excluding hydrogens is 428 g/mol. The molecule has 2 aromatic heterocycles. The molecule has 3 heterocycles. The lowest BCUT2D eigenvalue weighted by atomic mass is 10.1. The molecular formula is C22H26N6O5. The summed E-state index contributed by atoms with van der Waals surface area (Å²) in [5.41, 5.74) is 7.43. The molecule has 0 radical (unpaired) electrons. The van der Waals surface area contributed by atoms with Gasteiger partial charge in [-0.3, -0.25) is 9.88 Å². The normalized spacial score (nSPS) is 25.4. The summed E-state index contributed by atoms with van der Waals surface area (Å²) in [4.78, 5) is 25.6. The molecule has 2 aliphatic rings. The van der Waals surface area contributed by atoms with Gasteiger partial charge < -0.3 is 25.1 Å². The number of anilines is 2. The maximum absolute atomic E-state index is 12.5. The molecule has 11 nitrogen and oxygen atoms in total. The lowest BCUT2D eigenvalue weighted by Crippen LogP contribution is -2.36. The Kier molecular flexibility index (Phi) is 5.73. The van der Waals surface area contributed by atoms with Crippen LogP contribution in [0.15, 0.2) is 36.7 Å². The van der Waals surface area contributed by atoms with Gasteiger partial charge in [-0.1, -0.05) is 18.2 Å². The molecule has 0 bridgehead atoms. The SMILES string of the molecule is C[C@H]1O[C@@H](n2cnc3c(N)nc(OC4CCCC4)nc32)[C@H](OC(=O)Nc2ccccc2)[C@@H]1O. The first kappa shape index (κ1) is 21.4. The van der Waals surface area contributed by atoms with Gasteiger partial charge in [-0.05, 0) is 44.7 Å². The number of hydrogen-bond donors (Lipinski definition) is 3. The predicted molar refractivity (Wildman–Crippen MR) is 119 cm³/mol. The molecule has 11 heteroatoms. The highest BCUT2D eigenvalue weighted by atomic mass is 16.6. The van der Waals surface area contributed by atoms with Gasteiger partial charge in [0.2, 0.25) is 0 Å². The van der Waals surface area contributed by atoms with Crippen molar-refractivity contribution in [1.29, 1.82) is 0 Å². The van der Waals surface area contributed by atoms with Crippen molar-refractivity contribution < 1.29 is 24.1 Å². The van der Waals surface area contributed by atoms with Gasteiger partial charge in [-0.2, -0.15) is 9.97 Å². The van der Waals surface area contributed by atoms with Crippen LogP contribution in [0, 0.1) is 0 Å². The van der Waals surface area contributed by atoms with E-state index in [1.54, 1.807) is 35.8 Å². The van der Waals surface area contributed by atoms with E-state index in [9.17, 15) is 9.90 Å². The van der Waals surface area contributed by atoms with Crippen LogP contribution in [0.25, 0.3) is 11.2 Å². The van der Waals surface area contributed by atoms with Crippen LogP contribution in [0.3, 0.4) is 0 Å². The van der Waals surface area contributed by atoms with Gasteiger partial charge in [0.05, 0.1) is 12.4 Å². The lowest BCUT2D eigenvalue weighted by molar-refractivity contribution is -0.0335. The lowest BCUT2D eigenvalue weighted by Gasteiger charge is -2.22. The number of imidazole rings is 1. The van der Waals surface area contributed by atoms with Crippen LogP contribution in [0.4, 0.5) is 16.3 Å². The smallest absolute Gasteiger partial charge is 0.412 e. The summed E-state index contributed by atoms with van der Waals surface area (Å²) in [5.74, 6) is 0.178. The fourth-order valence-electron chi connectivity index (χ4n) is 4.27. The van der Waals surface area contributed by atoms with Crippen LogP contribution in [0.1, 0.15) is 38.8 Å². The van der Waals surface area contributed by atoms with Crippen molar-refractivity contribution >= 4 is 28.8 Å². The van der Waals surface area contributed by atoms with E-state index in [2.05, 4.69) is 20.3 Å². The highest BCUT2D eigenvalue weighted by Crippen LogP contribution is 2.35. The topological polar surface area (TPSA) is 147 Å². The molecule has 174 valence electrons. The summed E-state index contributed by atoms with van der Waals surface area (Å²) in [6.45, 7) is 1.70. The zero-order chi connectivity index (χ0) is 22.9. The molecule has 1 saturated heterocycles. The number of aliphatic hydroxyl groups excluding tert-OH is 1. The first-order valence-corrected chi connectivity index (χ1v) is 11.0. The highest BCUT2D eigenvalue weighted by Gasteiger charge is 2.46. The number of benzene rings is 1. The maximum Gasteiger partial charge on any atom is 0.412 e. The average molecular weight is 454 g/mol. The largest absolute Gasteiger partial charge is 0.460 e. The molecule has 5 rings (SSSR count). The first-order chi connectivity index (χ1) is 16.0. The second-order valence-electron chi connectivity index (χ2n) is 8.32. The Bertz CT molecular complexity index is 1130. The van der Waals surface area contributed by atoms with E-state index in [4.69, 9.17) is 19.9 Å². The summed E-state index contributed by atoms with van der Waals surface area (Å²) in [6.07, 6.45) is 1.43. The van der Waals surface area contributed by atoms with E-state index in [0.717, 1.165) is 25.7 Å². The number of amides is 1. The van der Waals surface area contributed by atoms with Gasteiger partial charge in [0.15, 0.2) is 29.3 Å². The van der Waals surface area contributed by atoms with Gasteiger partial charge in [0, 0.05) is 5.69 Å². The number of rotatable bonds is 5. The fraction of sp³-hybridized carbons (Fsp3) is 0.455. The third-order valence-electron chi connectivity index (χ3n) is 5.99. The number of aliphatic hydroxyl groups is 1. The van der Waals surface area contributed by atoms with Crippen LogP contribution in [0.2, 0.25) is 0 Å². The zero-order valence-electron chi connectivity index (χ0n) is 18.1. The molecule has 1 aliphatic heterocycles. The number of nitrogens with two attached hydrogens (primary N) is 1. The minimum absolute atomic E-state index is 0.0561. The number of para-hydroxylation sites is 1. The molecule has 4 atom stereocenters. The Hall–Kier alpha value is -3.44. The summed E-state index contributed by atoms with van der Waals surface area (Å²) < 4.78 is 19.0. The molecule has 1 aromatic carbocycles. The quantitative estimate of drug-likeness (QED) is 0.529. The Morgan fingerprint density at radius 1 is 1.24 bits per heavy atom. The molecule has 3 aromatic rings. The number of aromatic nitrogens is 4. The first-order valence-electron chi connectivity index (χ1n) is 11.0. The molecule has 33 heavy (non-hydrogen) atoms. The number of nitrogens with zero attached hydrogens (tertiary/aromatic N) is 4. The monoisotopic (exact) mass is 454 g/mol. The molecule has 0 unspecified atom stereocenters. The number of hydrogen-bond acceptors (Lipinski definition) is 9. The van der Waals surface area contributed by atoms with E-state index in [1.807, 2.05) is 6.07 Å². The number of nitrogen functional groups attached to an aromatic ring is 1. The summed E-state index contributed by atoms with van der Waals surface area (Å²) in [5, 5.41) is 13.3. The number of nitrogens with one attached hydrogen (secondary N) is 1. The van der Waals surface area contributed by atoms with Crippen molar-refractivity contribution in [2.24, 2.45) is 0 Å². The third-order valence-corrected chi connectivity index (χ3v) is 5.99. The van der Waals surface area contributed by atoms with Crippen molar-refractivity contribution in [3.8, 4) is 6.01 Å². The molecule has 0 spiro atoms. The van der Waals surface area contributed by atoms with Gasteiger partial charge in [-0.15, -0.1) is 0 Å². The standard InChI is InChI=1S/C22H26N6O5/c1-12-16(29)17(33-22(30)25-13-7-3-2-4-8-13)20(31-12)28-11-24-15-18(23)26-21(27-19(15)28)32-14-9-5-6-10-14/h2-4,7-8,11-12,14,16-17,20,29H,5-6,9-10H2,1H3,(H,25,30)(H2,23,26,27)/t12-,16-,17-,20-/m1/s1. The average Bonchev–Trinajstić information content (AvgIpc) is 3.51. The Morgan fingerprint density at radius 3 is 2.76 bits per heavy atom. The minimum Gasteiger partial charge on any atom is -0.460 e. The van der Waals surface area contributed by atoms with Crippen molar-refractivity contribution in [3.05, 3.63) is 36.7 Å². The van der Waals surface area contributed by atoms with E-state index < -0.39 is 30.6 Å². The summed E-state index contributed by atoms with van der Waals surface area (Å²) in [6, 6.07) is 9.06. The highest BCUT2D eigenvalue weighted by molar-refractivity contribution is 5.85. The van der Waals surface area contributed by atoms with Crippen LogP contribution in [-0.4, -0.2) is 55.1 Å². The van der Waals surface area contributed by atoms with E-state index in [-0.39, 0.29) is 17.9 Å². The molecule has 2 fully saturated rings. The maximum atomic E-state index is 12.5. The second kappa shape index (κ2) is 8.83. The van der Waals surface area contributed by atoms with Gasteiger partial charge >= 0.3 is 12.1 Å². The second-order valence-corrected chi connectivity index (χ2v) is 8.32. The van der Waals surface area contributed by atoms with Crippen molar-refractivity contribution in [2.75, 3.05) is 11.1 Å². The van der Waals surface area contributed by atoms with Crippen LogP contribution < -0.4 is 15.8 Å². The van der Waals surface area contributed by atoms with E-state index in [1.165, 1.54) is 6.33 Å². The van der Waals surface area contributed by atoms with Crippen LogP contribution >= 0.6 is 0 Å². The molecule has 1 aliphatic carbocycles. The summed E-state index contributed by atoms with van der Waals surface area (Å²) in [7, 11) is 0. The van der Waals surface area contributed by atoms with Crippen molar-refractivity contribution in [1.82, 2.24) is 19.5 Å². The number of carbonyl (C=O) groups is 1. The van der Waals surface area contributed by atoms with E-state index >= 15 is 0 Å². The van der Waals surface area contributed by atoms with Crippen LogP contribution in [-0.2, 0) is 9.47 Å². The Morgan fingerprint density at radius 2 is 2.00 bits per heavy atom. The molecule has 1 saturated carbocycles. The van der Waals surface area contributed by atoms with Crippen LogP contribution in [0.5, 0.6) is 6.01 Å². The zero-order valence-corrected chi connectivity index (χ0v) is 18.1. The Labute approximate surface area is 189 Å². The minimum atomic E-state index is -1.05. The third kappa shape index (κ3) is 4.29. The number of fused-ring (bicyclic) bond motifs is 1. The Balaban J connectivity index is 1.41. The van der Waals surface area contributed by atoms with Crippen molar-refractivity contribution in [2.45, 2.75) is 63.3 Å². The number of carbonyl (C=O) groups excluding carboxylic acids is 1. The summed E-state index contributed by atoms with van der Waals surface area (Å²) >= 11 is 0. The number of ether oxygens (including phenoxy) is 3. The van der Waals surface area contributed by atoms with E-state index in [0.29, 0.717) is 16.9 Å². The predicted octanol–water partition coefficient (Wildman–Crippen LogP) is 2.63. The molecule has 1 amide bonds. The molecule has 4 N–H and O–H groups in total. The fourth-order valence-corrected chi connectivity index (χ4v) is 4.27. The van der Waals surface area contributed by atoms with Gasteiger partial charge in [-0.25, -0.2) is 9.78 Å².